The molecule has 4 heteroatoms. The van der Waals surface area contributed by atoms with Crippen LogP contribution in [-0.2, 0) is 31.7 Å². The summed E-state index contributed by atoms with van der Waals surface area (Å²) in [6.07, 6.45) is 3.75. The van der Waals surface area contributed by atoms with E-state index in [0.29, 0.717) is 5.92 Å². The van der Waals surface area contributed by atoms with E-state index < -0.39 is 20.8 Å². The second kappa shape index (κ2) is 20.5. The van der Waals surface area contributed by atoms with E-state index >= 15 is 0 Å². The summed E-state index contributed by atoms with van der Waals surface area (Å²) in [4.78, 5) is 0. The average molecular weight is 827 g/mol. The molecule has 1 atom stereocenters. The van der Waals surface area contributed by atoms with Crippen molar-refractivity contribution in [3.63, 3.8) is 0 Å². The summed E-state index contributed by atoms with van der Waals surface area (Å²) in [5.74, 6) is 0.688. The fourth-order valence-electron chi connectivity index (χ4n) is 6.84. The Hall–Kier alpha value is -2.22. The first-order valence-corrected chi connectivity index (χ1v) is 27.1. The van der Waals surface area contributed by atoms with Gasteiger partial charge in [-0.05, 0) is 45.4 Å². The van der Waals surface area contributed by atoms with Crippen LogP contribution in [0.15, 0.2) is 103 Å². The predicted molar refractivity (Wildman–Crippen MR) is 234 cm³/mol. The Balaban J connectivity index is 0.000000246. The first-order chi connectivity index (χ1) is 24.6. The Bertz CT molecular complexity index is 1950. The van der Waals surface area contributed by atoms with Crippen molar-refractivity contribution in [2.24, 2.45) is 0 Å². The van der Waals surface area contributed by atoms with Crippen LogP contribution in [0, 0.1) is 13.8 Å². The zero-order valence-corrected chi connectivity index (χ0v) is 38.7. The summed E-state index contributed by atoms with van der Waals surface area (Å²) in [6.45, 7) is 26.8. The fourth-order valence-corrected chi connectivity index (χ4v) is 6.84. The number of benzene rings is 4. The molecule has 6 aromatic carbocycles. The maximum atomic E-state index is 4.93. The van der Waals surface area contributed by atoms with Crippen LogP contribution >= 0.6 is 17.0 Å². The summed E-state index contributed by atoms with van der Waals surface area (Å²) in [7, 11) is 11.0. The molecule has 0 aliphatic rings. The molecular formula is C48H60Cl2SiZr. The van der Waals surface area contributed by atoms with E-state index in [-0.39, 0.29) is 10.8 Å². The van der Waals surface area contributed by atoms with E-state index in [4.69, 9.17) is 17.0 Å². The van der Waals surface area contributed by atoms with E-state index in [1.54, 1.807) is 0 Å². The van der Waals surface area contributed by atoms with Gasteiger partial charge in [0.1, 0.15) is 0 Å². The number of fused-ring (bicyclic) bond motifs is 2. The van der Waals surface area contributed by atoms with Gasteiger partial charge in [-0.3, -0.25) is 0 Å². The van der Waals surface area contributed by atoms with Gasteiger partial charge in [0.2, 0.25) is 0 Å². The molecule has 0 saturated carbocycles. The number of rotatable bonds is 6. The predicted octanol–water partition coefficient (Wildman–Crippen LogP) is 16.1. The van der Waals surface area contributed by atoms with Crippen molar-refractivity contribution in [2.75, 3.05) is 0 Å². The zero-order valence-electron chi connectivity index (χ0n) is 33.8. The minimum atomic E-state index is -0.826. The molecule has 0 saturated heterocycles. The molecule has 0 heterocycles. The van der Waals surface area contributed by atoms with Gasteiger partial charge in [0.25, 0.3) is 0 Å². The number of hydrogen-bond donors (Lipinski definition) is 0. The Morgan fingerprint density at radius 3 is 1.63 bits per heavy atom. The van der Waals surface area contributed by atoms with Gasteiger partial charge in [0.15, 0.2) is 0 Å². The van der Waals surface area contributed by atoms with Gasteiger partial charge in [-0.1, -0.05) is 167 Å². The van der Waals surface area contributed by atoms with Crippen LogP contribution < -0.4 is 0 Å². The molecule has 0 amide bonds. The molecule has 0 nitrogen and oxygen atoms in total. The Labute approximate surface area is 338 Å². The molecule has 274 valence electrons. The van der Waals surface area contributed by atoms with Gasteiger partial charge < -0.3 is 0 Å². The Morgan fingerprint density at radius 2 is 1.17 bits per heavy atom. The third kappa shape index (κ3) is 11.9. The second-order valence-electron chi connectivity index (χ2n) is 16.0. The Morgan fingerprint density at radius 1 is 0.673 bits per heavy atom. The van der Waals surface area contributed by atoms with E-state index in [2.05, 4.69) is 185 Å². The summed E-state index contributed by atoms with van der Waals surface area (Å²) < 4.78 is 0. The minimum absolute atomic E-state index is 0.201. The molecule has 0 fully saturated rings. The summed E-state index contributed by atoms with van der Waals surface area (Å²) in [5.41, 5.74) is 12.7. The van der Waals surface area contributed by atoms with Crippen LogP contribution in [0.5, 0.6) is 0 Å². The van der Waals surface area contributed by atoms with Crippen LogP contribution in [0.25, 0.3) is 43.8 Å². The Kier molecular flexibility index (Phi) is 17.4. The fraction of sp³-hybridized carbons (Fsp3) is 0.375. The quantitative estimate of drug-likeness (QED) is 0.116. The molecule has 1 unspecified atom stereocenters. The van der Waals surface area contributed by atoms with Crippen LogP contribution in [-0.4, -0.2) is 9.52 Å². The van der Waals surface area contributed by atoms with Crippen molar-refractivity contribution >= 4 is 48.1 Å². The second-order valence-corrected chi connectivity index (χ2v) is 20.7. The normalized spacial score (nSPS) is 11.8. The average Bonchev–Trinajstić information content (AvgIpc) is 3.72. The third-order valence-electron chi connectivity index (χ3n) is 9.75. The topological polar surface area (TPSA) is 0 Å². The first-order valence-electron chi connectivity index (χ1n) is 18.8. The van der Waals surface area contributed by atoms with Crippen LogP contribution in [0.2, 0.25) is 13.1 Å². The van der Waals surface area contributed by atoms with Gasteiger partial charge in [0.05, 0.1) is 0 Å². The van der Waals surface area contributed by atoms with Crippen molar-refractivity contribution < 1.29 is 20.8 Å². The zero-order chi connectivity index (χ0) is 38.6. The van der Waals surface area contributed by atoms with E-state index in [1.165, 1.54) is 90.9 Å². The molecule has 0 N–H and O–H groups in total. The molecular weight excluding hydrogens is 767 g/mol. The molecule has 0 aliphatic carbocycles. The summed E-state index contributed by atoms with van der Waals surface area (Å²) in [5, 5.41) is 5.53. The van der Waals surface area contributed by atoms with Gasteiger partial charge >= 0.3 is 37.9 Å². The van der Waals surface area contributed by atoms with E-state index in [1.807, 2.05) is 0 Å². The molecule has 0 spiro atoms. The number of halogens is 2. The van der Waals surface area contributed by atoms with Gasteiger partial charge in [-0.15, -0.1) is 68.6 Å². The van der Waals surface area contributed by atoms with Gasteiger partial charge in [0, 0.05) is 9.52 Å². The molecule has 2 radical (unpaired) electrons. The van der Waals surface area contributed by atoms with Crippen molar-refractivity contribution in [1.29, 1.82) is 0 Å². The first kappa shape index (κ1) is 44.2. The maximum absolute atomic E-state index is 4.93. The standard InChI is InChI=1S/C25H31.C21H23.C2H6Si.2ClH.Zr/c1-6-9-18(7-2)21-16-20-10-8-11-23(24(20)17-21)19-12-14-22(15-13-19)25(3,4)5;1-14-12-19-15(2)6-11-18(20(19)13-14)16-7-9-17(10-8-16)21(3,4)5;1-3-2;;;/h8,10-18H,6-7,9H2,1-5H3;6-13H,1-5H3;1-2H3;2*1H;/q2*-1;;;;+4/p-2. The third-order valence-corrected chi connectivity index (χ3v) is 9.75. The van der Waals surface area contributed by atoms with E-state index in [9.17, 15) is 0 Å². The molecule has 0 aromatic heterocycles. The van der Waals surface area contributed by atoms with Crippen molar-refractivity contribution in [3.8, 4) is 22.3 Å². The summed E-state index contributed by atoms with van der Waals surface area (Å²) >= 11 is -0.826. The SMILES string of the molecule is CCCC(CC)c1cc2c(-c3ccc(C(C)(C)C)cc3)cccc2[cH-]1.C[Si]C.Cc1cc2c(-c3ccc(C(C)(C)C)cc3)ccc(C)c2[cH-]1.[Cl][Zr+2][Cl]. The molecule has 52 heavy (non-hydrogen) atoms. The van der Waals surface area contributed by atoms with E-state index in [0.717, 1.165) is 9.52 Å². The van der Waals surface area contributed by atoms with Crippen molar-refractivity contribution in [3.05, 3.63) is 131 Å². The summed E-state index contributed by atoms with van der Waals surface area (Å²) in [6, 6.07) is 38.8. The molecule has 0 bridgehead atoms. The van der Waals surface area contributed by atoms with Crippen molar-refractivity contribution in [1.82, 2.24) is 0 Å². The van der Waals surface area contributed by atoms with Crippen LogP contribution in [0.1, 0.15) is 108 Å². The molecule has 6 rings (SSSR count). The number of aryl methyl sites for hydroxylation is 2. The monoisotopic (exact) mass is 824 g/mol. The number of hydrogen-bond acceptors (Lipinski definition) is 0. The van der Waals surface area contributed by atoms with Gasteiger partial charge in [-0.25, -0.2) is 0 Å². The molecule has 6 aromatic rings. The van der Waals surface area contributed by atoms with Crippen LogP contribution in [0.3, 0.4) is 0 Å². The molecule has 0 aliphatic heterocycles. The van der Waals surface area contributed by atoms with Gasteiger partial charge in [-0.2, -0.15) is 12.1 Å². The van der Waals surface area contributed by atoms with Crippen molar-refractivity contribution in [2.45, 2.75) is 118 Å². The van der Waals surface area contributed by atoms with Crippen LogP contribution in [0.4, 0.5) is 0 Å².